The van der Waals surface area contributed by atoms with Gasteiger partial charge in [0.1, 0.15) is 0 Å². The average molecular weight is 310 g/mol. The molecule has 0 radical (unpaired) electrons. The van der Waals surface area contributed by atoms with Crippen LogP contribution in [0.25, 0.3) is 11.3 Å². The van der Waals surface area contributed by atoms with Gasteiger partial charge in [0.15, 0.2) is 0 Å². The molecule has 0 unspecified atom stereocenters. The Bertz CT molecular complexity index is 1000. The molecule has 0 atom stereocenters. The fourth-order valence-electron chi connectivity index (χ4n) is 2.97. The summed E-state index contributed by atoms with van der Waals surface area (Å²) in [5, 5.41) is 4.26. The van der Waals surface area contributed by atoms with E-state index in [4.69, 9.17) is 0 Å². The van der Waals surface area contributed by atoms with Gasteiger partial charge in [0.05, 0.1) is 0 Å². The summed E-state index contributed by atoms with van der Waals surface area (Å²) in [5.74, 6) is 0.527. The second-order valence-corrected chi connectivity index (χ2v) is 6.42. The zero-order valence-corrected chi connectivity index (χ0v) is 13.2. The Labute approximate surface area is 132 Å². The summed E-state index contributed by atoms with van der Waals surface area (Å²) in [5.41, 5.74) is 2.63. The van der Waals surface area contributed by atoms with Crippen molar-refractivity contribution in [2.24, 2.45) is 5.92 Å². The topological polar surface area (TPSA) is 61.3 Å². The van der Waals surface area contributed by atoms with Crippen LogP contribution in [-0.4, -0.2) is 18.7 Å². The molecule has 6 heteroatoms. The van der Waals surface area contributed by atoms with Crippen molar-refractivity contribution in [3.63, 3.8) is 0 Å². The predicted octanol–water partition coefficient (Wildman–Crippen LogP) is 1.67. The Balaban J connectivity index is 1.90. The Morgan fingerprint density at radius 1 is 1.09 bits per heavy atom. The van der Waals surface area contributed by atoms with E-state index < -0.39 is 0 Å². The minimum Gasteiger partial charge on any atom is -0.280 e. The maximum atomic E-state index is 12.7. The number of aromatic nitrogens is 4. The summed E-state index contributed by atoms with van der Waals surface area (Å²) in [6, 6.07) is 5.95. The molecule has 3 aromatic rings. The molecule has 1 fully saturated rings. The van der Waals surface area contributed by atoms with Gasteiger partial charge in [-0.15, -0.1) is 5.10 Å². The highest BCUT2D eigenvalue weighted by atomic mass is 16.2. The van der Waals surface area contributed by atoms with Crippen LogP contribution in [0, 0.1) is 19.8 Å². The van der Waals surface area contributed by atoms with Gasteiger partial charge in [-0.25, -0.2) is 13.9 Å². The maximum absolute atomic E-state index is 12.7. The van der Waals surface area contributed by atoms with Crippen LogP contribution in [0.3, 0.4) is 0 Å². The molecule has 118 valence electrons. The lowest BCUT2D eigenvalue weighted by molar-refractivity contribution is 0.545. The van der Waals surface area contributed by atoms with Crippen LogP contribution in [-0.2, 0) is 6.54 Å². The van der Waals surface area contributed by atoms with Crippen LogP contribution in [0.4, 0.5) is 0 Å². The number of fused-ring (bicyclic) bond motifs is 1. The van der Waals surface area contributed by atoms with Crippen LogP contribution in [0.2, 0.25) is 0 Å². The second-order valence-electron chi connectivity index (χ2n) is 6.42. The van der Waals surface area contributed by atoms with Gasteiger partial charge >= 0.3 is 11.2 Å². The first-order valence-corrected chi connectivity index (χ1v) is 7.82. The molecule has 2 heterocycles. The number of nitrogens with zero attached hydrogens (tertiary/aromatic N) is 4. The van der Waals surface area contributed by atoms with E-state index >= 15 is 0 Å². The van der Waals surface area contributed by atoms with Gasteiger partial charge in [-0.05, 0) is 55.9 Å². The first-order valence-electron chi connectivity index (χ1n) is 7.82. The van der Waals surface area contributed by atoms with Crippen molar-refractivity contribution in [1.82, 2.24) is 18.7 Å². The zero-order valence-electron chi connectivity index (χ0n) is 13.2. The summed E-state index contributed by atoms with van der Waals surface area (Å²) in [6.07, 6.45) is 5.52. The molecule has 1 saturated carbocycles. The van der Waals surface area contributed by atoms with Gasteiger partial charge in [-0.1, -0.05) is 6.07 Å². The van der Waals surface area contributed by atoms with Crippen LogP contribution in [0.5, 0.6) is 0 Å². The van der Waals surface area contributed by atoms with Gasteiger partial charge in [0, 0.05) is 24.6 Å². The van der Waals surface area contributed by atoms with Crippen LogP contribution in [0.1, 0.15) is 24.0 Å². The van der Waals surface area contributed by atoms with Gasteiger partial charge in [-0.2, -0.15) is 0 Å². The fraction of sp³-hybridized carbons (Fsp3) is 0.353. The van der Waals surface area contributed by atoms with Gasteiger partial charge in [0.2, 0.25) is 5.65 Å². The molecule has 6 nitrogen and oxygen atoms in total. The molecular formula is C17H18N4O2. The van der Waals surface area contributed by atoms with Crippen molar-refractivity contribution in [3.05, 3.63) is 62.6 Å². The molecule has 0 amide bonds. The number of hydrogen-bond donors (Lipinski definition) is 0. The third-order valence-electron chi connectivity index (χ3n) is 4.26. The van der Waals surface area contributed by atoms with Gasteiger partial charge in [0.25, 0.3) is 0 Å². The van der Waals surface area contributed by atoms with Crippen molar-refractivity contribution >= 4 is 5.65 Å². The molecule has 0 aliphatic heterocycles. The van der Waals surface area contributed by atoms with Gasteiger partial charge < -0.3 is 0 Å². The Morgan fingerprint density at radius 2 is 1.78 bits per heavy atom. The normalized spacial score (nSPS) is 14.5. The molecular weight excluding hydrogens is 292 g/mol. The SMILES string of the molecule is Cc1cc(C)cc(-n2ccn3c(=O)n(CC4CC4)nc3c2=O)c1. The first-order chi connectivity index (χ1) is 11.0. The third-order valence-corrected chi connectivity index (χ3v) is 4.26. The molecule has 4 rings (SSSR count). The summed E-state index contributed by atoms with van der Waals surface area (Å²) < 4.78 is 4.30. The van der Waals surface area contributed by atoms with Crippen LogP contribution in [0.15, 0.2) is 40.2 Å². The summed E-state index contributed by atoms with van der Waals surface area (Å²) in [6.45, 7) is 4.59. The van der Waals surface area contributed by atoms with E-state index in [1.54, 1.807) is 17.0 Å². The number of aryl methyl sites for hydroxylation is 2. The predicted molar refractivity (Wildman–Crippen MR) is 87.2 cm³/mol. The minimum atomic E-state index is -0.274. The molecule has 0 saturated heterocycles. The lowest BCUT2D eigenvalue weighted by Gasteiger charge is -2.07. The van der Waals surface area contributed by atoms with E-state index in [0.717, 1.165) is 29.7 Å². The number of hydrogen-bond acceptors (Lipinski definition) is 3. The summed E-state index contributed by atoms with van der Waals surface area (Å²) in [7, 11) is 0. The van der Waals surface area contributed by atoms with Crippen LogP contribution >= 0.6 is 0 Å². The lowest BCUT2D eigenvalue weighted by Crippen LogP contribution is -2.24. The standard InChI is InChI=1S/C17H18N4O2/c1-11-7-12(2)9-14(8-11)19-5-6-20-15(16(19)22)18-21(17(20)23)10-13-3-4-13/h5-9,13H,3-4,10H2,1-2H3. The van der Waals surface area contributed by atoms with E-state index in [9.17, 15) is 9.59 Å². The highest BCUT2D eigenvalue weighted by Gasteiger charge is 2.24. The largest absolute Gasteiger partial charge is 0.350 e. The van der Waals surface area contributed by atoms with Crippen molar-refractivity contribution in [1.29, 1.82) is 0 Å². The number of rotatable bonds is 3. The Hall–Kier alpha value is -2.63. The van der Waals surface area contributed by atoms with E-state index in [2.05, 4.69) is 11.2 Å². The molecule has 1 aromatic carbocycles. The number of benzene rings is 1. The Morgan fingerprint density at radius 3 is 2.43 bits per heavy atom. The Kier molecular flexibility index (Phi) is 3.01. The van der Waals surface area contributed by atoms with E-state index in [0.29, 0.717) is 12.5 Å². The fourth-order valence-corrected chi connectivity index (χ4v) is 2.97. The highest BCUT2D eigenvalue weighted by molar-refractivity contribution is 5.43. The van der Waals surface area contributed by atoms with Crippen molar-refractivity contribution in [2.45, 2.75) is 33.2 Å². The summed E-state index contributed by atoms with van der Waals surface area (Å²) >= 11 is 0. The van der Waals surface area contributed by atoms with Crippen molar-refractivity contribution in [2.75, 3.05) is 0 Å². The summed E-state index contributed by atoms with van der Waals surface area (Å²) in [4.78, 5) is 25.1. The van der Waals surface area contributed by atoms with E-state index in [1.165, 1.54) is 9.08 Å². The molecule has 0 bridgehead atoms. The van der Waals surface area contributed by atoms with E-state index in [1.807, 2.05) is 26.0 Å². The van der Waals surface area contributed by atoms with Crippen molar-refractivity contribution in [3.8, 4) is 5.69 Å². The monoisotopic (exact) mass is 310 g/mol. The molecule has 2 aromatic heterocycles. The second kappa shape index (κ2) is 4.94. The molecule has 1 aliphatic rings. The lowest BCUT2D eigenvalue weighted by atomic mass is 10.1. The van der Waals surface area contributed by atoms with Gasteiger partial charge in [-0.3, -0.25) is 9.36 Å². The van der Waals surface area contributed by atoms with Crippen molar-refractivity contribution < 1.29 is 0 Å². The smallest absolute Gasteiger partial charge is 0.280 e. The highest BCUT2D eigenvalue weighted by Crippen LogP contribution is 2.29. The zero-order chi connectivity index (χ0) is 16.1. The average Bonchev–Trinajstić information content (AvgIpc) is 3.24. The van der Waals surface area contributed by atoms with Crippen LogP contribution < -0.4 is 11.2 Å². The maximum Gasteiger partial charge on any atom is 0.350 e. The van der Waals surface area contributed by atoms with E-state index in [-0.39, 0.29) is 16.9 Å². The molecule has 1 aliphatic carbocycles. The quantitative estimate of drug-likeness (QED) is 0.739. The minimum absolute atomic E-state index is 0.178. The molecule has 23 heavy (non-hydrogen) atoms. The third kappa shape index (κ3) is 2.40. The molecule has 0 spiro atoms. The first kappa shape index (κ1) is 14.0. The molecule has 0 N–H and O–H groups in total.